The van der Waals surface area contributed by atoms with Gasteiger partial charge in [0.25, 0.3) is 0 Å². The van der Waals surface area contributed by atoms with Crippen LogP contribution < -0.4 is 0 Å². The third kappa shape index (κ3) is 8.11. The Labute approximate surface area is 292 Å². The maximum absolute atomic E-state index is 4.93. The van der Waals surface area contributed by atoms with Gasteiger partial charge in [0.05, 0.1) is 11.0 Å². The van der Waals surface area contributed by atoms with Gasteiger partial charge in [0.2, 0.25) is 0 Å². The van der Waals surface area contributed by atoms with E-state index < -0.39 is 20.8 Å². The summed E-state index contributed by atoms with van der Waals surface area (Å²) in [6.45, 7) is 8.59. The minimum atomic E-state index is -0.826. The van der Waals surface area contributed by atoms with Crippen LogP contribution in [0.2, 0.25) is 13.1 Å². The SMILES string of the molecule is C[Si]C.Cc1cc2c(-c3cnc4ccccc4c3)cccc2[cH-]1.Cc1cc2c(-c3cnc4ccccc4c3)cccc2[cH-]1.[Cl][Zr+2][Cl]. The van der Waals surface area contributed by atoms with E-state index in [2.05, 4.69) is 134 Å². The molecule has 0 atom stereocenters. The van der Waals surface area contributed by atoms with E-state index >= 15 is 0 Å². The summed E-state index contributed by atoms with van der Waals surface area (Å²) >= 11 is -0.826. The Hall–Kier alpha value is -3.40. The number of halogens is 2. The first kappa shape index (κ1) is 33.9. The number of pyridine rings is 2. The molecular weight excluding hydrogens is 699 g/mol. The topological polar surface area (TPSA) is 25.8 Å². The fourth-order valence-electron chi connectivity index (χ4n) is 5.71. The molecule has 2 aromatic heterocycles. The van der Waals surface area contributed by atoms with Crippen LogP contribution in [-0.2, 0) is 20.8 Å². The van der Waals surface area contributed by atoms with E-state index in [1.807, 2.05) is 36.7 Å². The molecule has 2 nitrogen and oxygen atoms in total. The summed E-state index contributed by atoms with van der Waals surface area (Å²) in [5, 5.41) is 7.58. The fourth-order valence-corrected chi connectivity index (χ4v) is 5.71. The van der Waals surface area contributed by atoms with Crippen molar-refractivity contribution < 1.29 is 20.8 Å². The molecule has 8 aromatic rings. The van der Waals surface area contributed by atoms with Crippen molar-refractivity contribution >= 4 is 69.9 Å². The van der Waals surface area contributed by atoms with Crippen LogP contribution in [0.15, 0.2) is 134 Å². The molecular formula is C40H34Cl2N2SiZr. The average molecular weight is 733 g/mol. The van der Waals surface area contributed by atoms with Crippen LogP contribution >= 0.6 is 17.0 Å². The van der Waals surface area contributed by atoms with Crippen molar-refractivity contribution in [2.45, 2.75) is 26.9 Å². The first-order valence-corrected chi connectivity index (χ1v) is 23.4. The fraction of sp³-hybridized carbons (Fsp3) is 0.100. The van der Waals surface area contributed by atoms with Crippen LogP contribution in [0.3, 0.4) is 0 Å². The molecule has 2 heterocycles. The zero-order valence-corrected chi connectivity index (χ0v) is 31.3. The number of aromatic nitrogens is 2. The quantitative estimate of drug-likeness (QED) is 0.131. The molecule has 0 unspecified atom stereocenters. The number of benzene rings is 4. The van der Waals surface area contributed by atoms with Gasteiger partial charge in [0.1, 0.15) is 0 Å². The molecule has 6 aromatic carbocycles. The summed E-state index contributed by atoms with van der Waals surface area (Å²) in [7, 11) is 11.0. The monoisotopic (exact) mass is 730 g/mol. The molecule has 46 heavy (non-hydrogen) atoms. The van der Waals surface area contributed by atoms with Crippen molar-refractivity contribution in [3.63, 3.8) is 0 Å². The standard InChI is InChI=1S/2C19H14N.C2H6Si.2ClH.Zr/c2*1-13-9-14-6-4-7-17(18(14)10-13)16-11-15-5-2-3-8-19(15)20-12-16;1-3-2;;;/h2*2-12H,1H3;1-2H3;2*1H;/q2*-1;;;;+4/p-2. The van der Waals surface area contributed by atoms with Crippen molar-refractivity contribution in [1.29, 1.82) is 0 Å². The van der Waals surface area contributed by atoms with Gasteiger partial charge in [-0.25, -0.2) is 0 Å². The number of fused-ring (bicyclic) bond motifs is 4. The number of nitrogens with zero attached hydrogens (tertiary/aromatic N) is 2. The zero-order chi connectivity index (χ0) is 32.5. The Bertz CT molecular complexity index is 2040. The van der Waals surface area contributed by atoms with Gasteiger partial charge in [-0.2, -0.15) is 12.1 Å². The van der Waals surface area contributed by atoms with Crippen molar-refractivity contribution in [2.75, 3.05) is 0 Å². The van der Waals surface area contributed by atoms with E-state index in [4.69, 9.17) is 17.0 Å². The van der Waals surface area contributed by atoms with Gasteiger partial charge >= 0.3 is 37.9 Å². The molecule has 0 saturated carbocycles. The predicted octanol–water partition coefficient (Wildman–Crippen LogP) is 12.3. The molecule has 6 heteroatoms. The molecule has 0 bridgehead atoms. The summed E-state index contributed by atoms with van der Waals surface area (Å²) in [6, 6.07) is 42.8. The van der Waals surface area contributed by atoms with Gasteiger partial charge < -0.3 is 0 Å². The molecule has 226 valence electrons. The van der Waals surface area contributed by atoms with Crippen LogP contribution in [0.1, 0.15) is 11.1 Å². The second-order valence-electron chi connectivity index (χ2n) is 11.1. The zero-order valence-electron chi connectivity index (χ0n) is 26.4. The van der Waals surface area contributed by atoms with Gasteiger partial charge in [0.15, 0.2) is 0 Å². The summed E-state index contributed by atoms with van der Waals surface area (Å²) in [5.74, 6) is 0. The van der Waals surface area contributed by atoms with Crippen LogP contribution in [0, 0.1) is 13.8 Å². The Balaban J connectivity index is 0.000000155. The molecule has 0 spiro atoms. The van der Waals surface area contributed by atoms with Crippen LogP contribution in [-0.4, -0.2) is 19.5 Å². The van der Waals surface area contributed by atoms with E-state index in [0.717, 1.165) is 20.6 Å². The second-order valence-corrected chi connectivity index (χ2v) is 15.8. The normalized spacial score (nSPS) is 10.4. The van der Waals surface area contributed by atoms with Crippen molar-refractivity contribution in [3.8, 4) is 22.3 Å². The van der Waals surface area contributed by atoms with Crippen molar-refractivity contribution in [1.82, 2.24) is 9.97 Å². The number of hydrogen-bond acceptors (Lipinski definition) is 2. The Morgan fingerprint density at radius 2 is 0.957 bits per heavy atom. The Morgan fingerprint density at radius 3 is 1.37 bits per heavy atom. The third-order valence-corrected chi connectivity index (χ3v) is 7.59. The third-order valence-electron chi connectivity index (χ3n) is 7.59. The van der Waals surface area contributed by atoms with Crippen molar-refractivity contribution in [2.24, 2.45) is 0 Å². The average Bonchev–Trinajstić information content (AvgIpc) is 3.66. The Kier molecular flexibility index (Phi) is 12.1. The summed E-state index contributed by atoms with van der Waals surface area (Å²) in [4.78, 5) is 9.14. The van der Waals surface area contributed by atoms with Crippen LogP contribution in [0.25, 0.3) is 65.6 Å². The summed E-state index contributed by atoms with van der Waals surface area (Å²) in [5.41, 5.74) is 9.58. The summed E-state index contributed by atoms with van der Waals surface area (Å²) < 4.78 is 0. The maximum atomic E-state index is 4.93. The molecule has 2 radical (unpaired) electrons. The predicted molar refractivity (Wildman–Crippen MR) is 199 cm³/mol. The van der Waals surface area contributed by atoms with E-state index in [1.54, 1.807) is 0 Å². The molecule has 0 N–H and O–H groups in total. The molecule has 0 fully saturated rings. The molecule has 0 aliphatic rings. The number of aryl methyl sites for hydroxylation is 2. The van der Waals surface area contributed by atoms with E-state index in [0.29, 0.717) is 0 Å². The Morgan fingerprint density at radius 1 is 0.565 bits per heavy atom. The van der Waals surface area contributed by atoms with Crippen LogP contribution in [0.5, 0.6) is 0 Å². The first-order chi connectivity index (χ1) is 22.4. The molecule has 0 amide bonds. The van der Waals surface area contributed by atoms with Crippen LogP contribution in [0.4, 0.5) is 0 Å². The van der Waals surface area contributed by atoms with E-state index in [-0.39, 0.29) is 0 Å². The first-order valence-electron chi connectivity index (χ1n) is 15.0. The number of para-hydroxylation sites is 2. The van der Waals surface area contributed by atoms with Gasteiger partial charge in [-0.05, 0) is 35.4 Å². The number of hydrogen-bond donors (Lipinski definition) is 0. The molecule has 0 aliphatic heterocycles. The van der Waals surface area contributed by atoms with Gasteiger partial charge in [-0.1, -0.05) is 86.6 Å². The second kappa shape index (κ2) is 16.4. The van der Waals surface area contributed by atoms with E-state index in [9.17, 15) is 0 Å². The molecule has 0 saturated heterocycles. The molecule has 8 rings (SSSR count). The number of rotatable bonds is 2. The van der Waals surface area contributed by atoms with Gasteiger partial charge in [-0.15, -0.1) is 69.1 Å². The van der Waals surface area contributed by atoms with Gasteiger partial charge in [0, 0.05) is 32.7 Å². The van der Waals surface area contributed by atoms with Crippen molar-refractivity contribution in [3.05, 3.63) is 145 Å². The summed E-state index contributed by atoms with van der Waals surface area (Å²) in [6.07, 6.45) is 3.94. The van der Waals surface area contributed by atoms with E-state index in [1.165, 1.54) is 65.7 Å². The van der Waals surface area contributed by atoms with Gasteiger partial charge in [-0.3, -0.25) is 9.97 Å². The minimum absolute atomic E-state index is 0.826. The molecule has 0 aliphatic carbocycles.